The minimum atomic E-state index is 0.351. The van der Waals surface area contributed by atoms with Crippen LogP contribution in [0.15, 0.2) is 6.07 Å². The number of fused-ring (bicyclic) bond motifs is 2. The number of hydrogen-bond donors (Lipinski definition) is 0. The van der Waals surface area contributed by atoms with Gasteiger partial charge in [0.15, 0.2) is 11.5 Å². The fourth-order valence-corrected chi connectivity index (χ4v) is 2.45. The average molecular weight is 237 g/mol. The molecule has 0 spiro atoms. The third-order valence-electron chi connectivity index (χ3n) is 3.19. The largest absolute Gasteiger partial charge is 0.196 e. The first kappa shape index (κ1) is 10.0. The maximum Gasteiger partial charge on any atom is 0.178 e. The minimum absolute atomic E-state index is 0.351. The Morgan fingerprint density at radius 2 is 2.38 bits per heavy atom. The van der Waals surface area contributed by atoms with Crippen molar-refractivity contribution in [3.05, 3.63) is 23.1 Å². The number of aromatic nitrogens is 4. The lowest BCUT2D eigenvalue weighted by atomic mass is 9.88. The molecule has 0 amide bonds. The third kappa shape index (κ3) is 1.48. The Labute approximate surface area is 98.6 Å². The first-order valence-corrected chi connectivity index (χ1v) is 6.10. The van der Waals surface area contributed by atoms with Crippen molar-refractivity contribution in [1.82, 2.24) is 19.8 Å². The summed E-state index contributed by atoms with van der Waals surface area (Å²) in [6.45, 7) is 2.28. The van der Waals surface area contributed by atoms with Gasteiger partial charge in [0.2, 0.25) is 0 Å². The summed E-state index contributed by atoms with van der Waals surface area (Å²) in [5.41, 5.74) is 3.31. The van der Waals surface area contributed by atoms with Gasteiger partial charge < -0.3 is 0 Å². The van der Waals surface area contributed by atoms with Crippen molar-refractivity contribution in [2.24, 2.45) is 5.92 Å². The quantitative estimate of drug-likeness (QED) is 0.712. The highest BCUT2D eigenvalue weighted by molar-refractivity contribution is 6.16. The molecule has 0 N–H and O–H groups in total. The highest BCUT2D eigenvalue weighted by atomic mass is 35.5. The van der Waals surface area contributed by atoms with Crippen LogP contribution in [0.3, 0.4) is 0 Å². The topological polar surface area (TPSA) is 43.1 Å². The SMILES string of the molecule is CC1CCc2nn3c(CCl)nnc3cc2C1. The summed E-state index contributed by atoms with van der Waals surface area (Å²) in [6, 6.07) is 2.10. The molecule has 0 aromatic carbocycles. The van der Waals surface area contributed by atoms with Gasteiger partial charge in [-0.05, 0) is 36.8 Å². The molecule has 1 atom stereocenters. The molecule has 0 radical (unpaired) electrons. The van der Waals surface area contributed by atoms with E-state index in [1.54, 1.807) is 4.52 Å². The first-order valence-electron chi connectivity index (χ1n) is 5.57. The van der Waals surface area contributed by atoms with Crippen LogP contribution in [0.2, 0.25) is 0 Å². The van der Waals surface area contributed by atoms with E-state index in [9.17, 15) is 0 Å². The second-order valence-corrected chi connectivity index (χ2v) is 4.75. The fourth-order valence-electron chi connectivity index (χ4n) is 2.28. The molecule has 2 aromatic heterocycles. The van der Waals surface area contributed by atoms with E-state index >= 15 is 0 Å². The zero-order valence-electron chi connectivity index (χ0n) is 9.15. The summed E-state index contributed by atoms with van der Waals surface area (Å²) < 4.78 is 1.77. The molecule has 16 heavy (non-hydrogen) atoms. The van der Waals surface area contributed by atoms with Crippen LogP contribution in [0.1, 0.15) is 30.4 Å². The fraction of sp³-hybridized carbons (Fsp3) is 0.545. The van der Waals surface area contributed by atoms with Crippen molar-refractivity contribution in [3.63, 3.8) is 0 Å². The standard InChI is InChI=1S/C11H13ClN4/c1-7-2-3-9-8(4-7)5-10-13-14-11(6-12)16(10)15-9/h5,7H,2-4,6H2,1H3. The Morgan fingerprint density at radius 3 is 3.19 bits per heavy atom. The second-order valence-electron chi connectivity index (χ2n) is 4.48. The van der Waals surface area contributed by atoms with E-state index < -0.39 is 0 Å². The van der Waals surface area contributed by atoms with Crippen LogP contribution < -0.4 is 0 Å². The van der Waals surface area contributed by atoms with E-state index in [2.05, 4.69) is 28.3 Å². The van der Waals surface area contributed by atoms with Gasteiger partial charge in [-0.25, -0.2) is 0 Å². The van der Waals surface area contributed by atoms with Crippen LogP contribution in [0, 0.1) is 5.92 Å². The first-order chi connectivity index (χ1) is 7.78. The molecular formula is C11H13ClN4. The van der Waals surface area contributed by atoms with Crippen LogP contribution in [-0.2, 0) is 18.7 Å². The van der Waals surface area contributed by atoms with Gasteiger partial charge in [0, 0.05) is 0 Å². The molecule has 1 aliphatic carbocycles. The highest BCUT2D eigenvalue weighted by Crippen LogP contribution is 2.24. The number of hydrogen-bond acceptors (Lipinski definition) is 3. The van der Waals surface area contributed by atoms with Gasteiger partial charge in [0.1, 0.15) is 0 Å². The predicted molar refractivity (Wildman–Crippen MR) is 61.5 cm³/mol. The molecule has 0 aliphatic heterocycles. The Kier molecular flexibility index (Phi) is 2.32. The molecule has 1 aliphatic rings. The summed E-state index contributed by atoms with van der Waals surface area (Å²) in [5, 5.41) is 12.7. The van der Waals surface area contributed by atoms with Gasteiger partial charge in [-0.1, -0.05) is 6.92 Å². The summed E-state index contributed by atoms with van der Waals surface area (Å²) in [6.07, 6.45) is 3.36. The third-order valence-corrected chi connectivity index (χ3v) is 3.42. The average Bonchev–Trinajstić information content (AvgIpc) is 2.68. The van der Waals surface area contributed by atoms with Gasteiger partial charge in [0.25, 0.3) is 0 Å². The molecule has 84 valence electrons. The Bertz CT molecular complexity index is 534. The van der Waals surface area contributed by atoms with E-state index in [1.807, 2.05) is 0 Å². The highest BCUT2D eigenvalue weighted by Gasteiger charge is 2.18. The van der Waals surface area contributed by atoms with E-state index in [4.69, 9.17) is 11.6 Å². The molecule has 1 unspecified atom stereocenters. The molecule has 2 aromatic rings. The van der Waals surface area contributed by atoms with Crippen molar-refractivity contribution < 1.29 is 0 Å². The van der Waals surface area contributed by atoms with Crippen LogP contribution in [-0.4, -0.2) is 19.8 Å². The van der Waals surface area contributed by atoms with E-state index in [0.717, 1.165) is 30.2 Å². The Balaban J connectivity index is 2.17. The lowest BCUT2D eigenvalue weighted by Gasteiger charge is -2.20. The second kappa shape index (κ2) is 3.70. The summed E-state index contributed by atoms with van der Waals surface area (Å²) in [5.74, 6) is 1.81. The molecule has 0 saturated heterocycles. The van der Waals surface area contributed by atoms with E-state index in [-0.39, 0.29) is 0 Å². The molecular weight excluding hydrogens is 224 g/mol. The van der Waals surface area contributed by atoms with Crippen molar-refractivity contribution >= 4 is 17.2 Å². The summed E-state index contributed by atoms with van der Waals surface area (Å²) >= 11 is 5.79. The number of alkyl halides is 1. The molecule has 0 fully saturated rings. The number of aryl methyl sites for hydroxylation is 1. The smallest absolute Gasteiger partial charge is 0.178 e. The number of halogens is 1. The normalized spacial score (nSPS) is 20.0. The van der Waals surface area contributed by atoms with Crippen LogP contribution in [0.25, 0.3) is 5.65 Å². The van der Waals surface area contributed by atoms with Gasteiger partial charge in [-0.3, -0.25) is 0 Å². The molecule has 5 heteroatoms. The van der Waals surface area contributed by atoms with E-state index in [1.165, 1.54) is 17.7 Å². The maximum atomic E-state index is 5.79. The van der Waals surface area contributed by atoms with Gasteiger partial charge in [0.05, 0.1) is 11.6 Å². The number of rotatable bonds is 1. The zero-order valence-corrected chi connectivity index (χ0v) is 9.91. The van der Waals surface area contributed by atoms with Crippen molar-refractivity contribution in [2.75, 3.05) is 0 Å². The maximum absolute atomic E-state index is 5.79. The predicted octanol–water partition coefficient (Wildman–Crippen LogP) is 1.99. The molecule has 0 saturated carbocycles. The minimum Gasteiger partial charge on any atom is -0.196 e. The Morgan fingerprint density at radius 1 is 1.50 bits per heavy atom. The van der Waals surface area contributed by atoms with Crippen molar-refractivity contribution in [3.8, 4) is 0 Å². The number of nitrogens with zero attached hydrogens (tertiary/aromatic N) is 4. The Hall–Kier alpha value is -1.16. The van der Waals surface area contributed by atoms with Crippen LogP contribution in [0.4, 0.5) is 0 Å². The lowest BCUT2D eigenvalue weighted by molar-refractivity contribution is 0.488. The molecule has 2 heterocycles. The van der Waals surface area contributed by atoms with Crippen LogP contribution >= 0.6 is 11.6 Å². The summed E-state index contributed by atoms with van der Waals surface area (Å²) in [4.78, 5) is 0. The van der Waals surface area contributed by atoms with Gasteiger partial charge >= 0.3 is 0 Å². The van der Waals surface area contributed by atoms with Crippen LogP contribution in [0.5, 0.6) is 0 Å². The summed E-state index contributed by atoms with van der Waals surface area (Å²) in [7, 11) is 0. The van der Waals surface area contributed by atoms with Crippen molar-refractivity contribution in [1.29, 1.82) is 0 Å². The zero-order chi connectivity index (χ0) is 11.1. The lowest BCUT2D eigenvalue weighted by Crippen LogP contribution is -2.15. The molecule has 4 nitrogen and oxygen atoms in total. The van der Waals surface area contributed by atoms with Crippen molar-refractivity contribution in [2.45, 2.75) is 32.1 Å². The van der Waals surface area contributed by atoms with Gasteiger partial charge in [-0.2, -0.15) is 9.61 Å². The molecule has 0 bridgehead atoms. The monoisotopic (exact) mass is 236 g/mol. The molecule has 3 rings (SSSR count). The van der Waals surface area contributed by atoms with Gasteiger partial charge in [-0.15, -0.1) is 21.8 Å². The van der Waals surface area contributed by atoms with E-state index in [0.29, 0.717) is 5.88 Å².